The Hall–Kier alpha value is -1.55. The molecule has 1 N–H and O–H groups in total. The van der Waals surface area contributed by atoms with E-state index < -0.39 is 0 Å². The Balaban J connectivity index is 2.36. The van der Waals surface area contributed by atoms with Crippen LogP contribution in [0, 0.1) is 0 Å². The van der Waals surface area contributed by atoms with Gasteiger partial charge in [0.2, 0.25) is 5.91 Å². The van der Waals surface area contributed by atoms with Gasteiger partial charge in [0.25, 0.3) is 0 Å². The molecule has 0 saturated heterocycles. The van der Waals surface area contributed by atoms with Gasteiger partial charge in [-0.05, 0) is 24.1 Å². The van der Waals surface area contributed by atoms with Crippen molar-refractivity contribution in [2.24, 2.45) is 0 Å². The monoisotopic (exact) mass is 267 g/mol. The van der Waals surface area contributed by atoms with Gasteiger partial charge >= 0.3 is 0 Å². The minimum atomic E-state index is -0.110. The highest BCUT2D eigenvalue weighted by Gasteiger charge is 2.26. The van der Waals surface area contributed by atoms with E-state index in [1.807, 2.05) is 0 Å². The third-order valence-corrected chi connectivity index (χ3v) is 3.20. The Labute approximate surface area is 110 Å². The molecule has 1 amide bonds. The first-order chi connectivity index (χ1) is 8.67. The molecule has 0 radical (unpaired) electrons. The minimum absolute atomic E-state index is 0.0195. The van der Waals surface area contributed by atoms with Crippen molar-refractivity contribution in [3.05, 3.63) is 23.3 Å². The normalized spacial score (nSPS) is 13.1. The van der Waals surface area contributed by atoms with Crippen molar-refractivity contribution < 1.29 is 14.3 Å². The molecule has 0 fully saturated rings. The zero-order valence-electron chi connectivity index (χ0n) is 10.1. The molecule has 0 aliphatic carbocycles. The number of hydrogen-bond acceptors (Lipinski definition) is 3. The van der Waals surface area contributed by atoms with E-state index in [2.05, 4.69) is 5.32 Å². The first-order valence-electron chi connectivity index (χ1n) is 5.76. The van der Waals surface area contributed by atoms with Crippen LogP contribution in [0.5, 0.6) is 5.75 Å². The quantitative estimate of drug-likeness (QED) is 0.658. The number of rotatable bonds is 5. The Morgan fingerprint density at radius 2 is 2.28 bits per heavy atom. The number of alkyl halides is 1. The molecule has 0 aromatic heterocycles. The average Bonchev–Trinajstić information content (AvgIpc) is 2.75. The molecule has 0 unspecified atom stereocenters. The number of anilines is 1. The second-order valence-electron chi connectivity index (χ2n) is 4.11. The fourth-order valence-electron chi connectivity index (χ4n) is 2.08. The number of Topliss-reactive ketones (excluding diaryl/α,β-unsaturated/α-hetero) is 1. The predicted octanol–water partition coefficient (Wildman–Crippen LogP) is 2.39. The minimum Gasteiger partial charge on any atom is -0.495 e. The van der Waals surface area contributed by atoms with Gasteiger partial charge in [0.15, 0.2) is 5.78 Å². The number of fused-ring (bicyclic) bond motifs is 1. The predicted molar refractivity (Wildman–Crippen MR) is 69.6 cm³/mol. The Morgan fingerprint density at radius 1 is 1.50 bits per heavy atom. The van der Waals surface area contributed by atoms with E-state index in [1.54, 1.807) is 12.1 Å². The lowest BCUT2D eigenvalue weighted by Gasteiger charge is -2.10. The molecule has 1 aliphatic rings. The second-order valence-corrected chi connectivity index (χ2v) is 4.49. The van der Waals surface area contributed by atoms with Crippen LogP contribution < -0.4 is 10.1 Å². The summed E-state index contributed by atoms with van der Waals surface area (Å²) in [6, 6.07) is 3.42. The van der Waals surface area contributed by atoms with E-state index >= 15 is 0 Å². The van der Waals surface area contributed by atoms with Crippen LogP contribution in [0.15, 0.2) is 12.1 Å². The van der Waals surface area contributed by atoms with Crippen LogP contribution in [0.2, 0.25) is 0 Å². The largest absolute Gasteiger partial charge is 0.495 e. The third-order valence-electron chi connectivity index (χ3n) is 2.93. The van der Waals surface area contributed by atoms with E-state index in [4.69, 9.17) is 16.3 Å². The summed E-state index contributed by atoms with van der Waals surface area (Å²) in [5.41, 5.74) is 1.95. The van der Waals surface area contributed by atoms with Gasteiger partial charge < -0.3 is 10.1 Å². The van der Waals surface area contributed by atoms with Crippen LogP contribution in [-0.4, -0.2) is 24.7 Å². The number of amides is 1. The number of hydrogen-bond donors (Lipinski definition) is 1. The summed E-state index contributed by atoms with van der Waals surface area (Å²) in [5.74, 6) is 0.957. The van der Waals surface area contributed by atoms with Gasteiger partial charge in [-0.2, -0.15) is 0 Å². The molecule has 0 bridgehead atoms. The summed E-state index contributed by atoms with van der Waals surface area (Å²) in [4.78, 5) is 23.5. The van der Waals surface area contributed by atoms with Gasteiger partial charge in [-0.25, -0.2) is 0 Å². The van der Waals surface area contributed by atoms with Crippen molar-refractivity contribution >= 4 is 29.0 Å². The summed E-state index contributed by atoms with van der Waals surface area (Å²) in [5, 5.41) is 2.73. The van der Waals surface area contributed by atoms with Crippen LogP contribution in [0.4, 0.5) is 5.69 Å². The first kappa shape index (κ1) is 12.9. The number of carbonyl (C=O) groups is 2. The molecular weight excluding hydrogens is 254 g/mol. The molecule has 1 aromatic rings. The van der Waals surface area contributed by atoms with Crippen LogP contribution in [0.3, 0.4) is 0 Å². The second kappa shape index (κ2) is 5.40. The smallest absolute Gasteiger partial charge is 0.229 e. The molecule has 1 heterocycles. The van der Waals surface area contributed by atoms with Crippen molar-refractivity contribution in [2.45, 2.75) is 19.3 Å². The highest BCUT2D eigenvalue weighted by Crippen LogP contribution is 2.36. The number of methoxy groups -OCH3 is 1. The summed E-state index contributed by atoms with van der Waals surface area (Å²) >= 11 is 5.58. The summed E-state index contributed by atoms with van der Waals surface area (Å²) < 4.78 is 5.17. The van der Waals surface area contributed by atoms with Gasteiger partial charge in [-0.1, -0.05) is 0 Å². The number of ketones is 1. The summed E-state index contributed by atoms with van der Waals surface area (Å²) in [6.45, 7) is 0. The van der Waals surface area contributed by atoms with Gasteiger partial charge in [0.05, 0.1) is 19.2 Å². The average molecular weight is 268 g/mol. The number of ether oxygens (including phenoxy) is 1. The van der Waals surface area contributed by atoms with E-state index in [0.29, 0.717) is 35.7 Å². The van der Waals surface area contributed by atoms with E-state index in [-0.39, 0.29) is 18.1 Å². The van der Waals surface area contributed by atoms with Crippen LogP contribution in [0.1, 0.15) is 28.8 Å². The maximum absolute atomic E-state index is 12.0. The first-order valence-corrected chi connectivity index (χ1v) is 6.29. The maximum Gasteiger partial charge on any atom is 0.229 e. The zero-order valence-corrected chi connectivity index (χ0v) is 10.8. The van der Waals surface area contributed by atoms with Crippen LogP contribution >= 0.6 is 11.6 Å². The molecule has 1 aliphatic heterocycles. The van der Waals surface area contributed by atoms with Gasteiger partial charge in [-0.15, -0.1) is 11.6 Å². The zero-order chi connectivity index (χ0) is 13.1. The Bertz CT molecular complexity index is 499. The molecule has 1 aromatic carbocycles. The lowest BCUT2D eigenvalue weighted by atomic mass is 9.98. The fraction of sp³-hybridized carbons (Fsp3) is 0.385. The molecule has 4 nitrogen and oxygen atoms in total. The summed E-state index contributed by atoms with van der Waals surface area (Å²) in [7, 11) is 1.54. The molecule has 0 atom stereocenters. The number of nitrogens with one attached hydrogen (secondary N) is 1. The Kier molecular flexibility index (Phi) is 3.87. The molecule has 0 saturated carbocycles. The van der Waals surface area contributed by atoms with E-state index in [1.165, 1.54) is 7.11 Å². The van der Waals surface area contributed by atoms with E-state index in [0.717, 1.165) is 5.56 Å². The number of benzene rings is 1. The van der Waals surface area contributed by atoms with Crippen molar-refractivity contribution in [2.75, 3.05) is 18.3 Å². The molecular formula is C13H14ClNO3. The fourth-order valence-corrected chi connectivity index (χ4v) is 2.22. The van der Waals surface area contributed by atoms with Gasteiger partial charge in [-0.3, -0.25) is 9.59 Å². The summed E-state index contributed by atoms with van der Waals surface area (Å²) in [6.07, 6.45) is 1.27. The third kappa shape index (κ3) is 2.34. The van der Waals surface area contributed by atoms with Crippen LogP contribution in [-0.2, 0) is 11.2 Å². The van der Waals surface area contributed by atoms with Crippen molar-refractivity contribution in [3.63, 3.8) is 0 Å². The highest BCUT2D eigenvalue weighted by molar-refractivity contribution is 6.18. The highest BCUT2D eigenvalue weighted by atomic mass is 35.5. The van der Waals surface area contributed by atoms with Crippen molar-refractivity contribution in [1.82, 2.24) is 0 Å². The molecule has 96 valence electrons. The topological polar surface area (TPSA) is 55.4 Å². The van der Waals surface area contributed by atoms with Crippen LogP contribution in [0.25, 0.3) is 0 Å². The number of halogens is 1. The maximum atomic E-state index is 12.0. The standard InChI is InChI=1S/C13H14ClNO3/c1-18-11-5-4-8(10(16)3-2-6-14)9-7-12(17)15-13(9)11/h4-5H,2-3,6-7H2,1H3,(H,15,17). The number of carbonyl (C=O) groups excluding carboxylic acids is 2. The lowest BCUT2D eigenvalue weighted by molar-refractivity contribution is -0.115. The van der Waals surface area contributed by atoms with Crippen molar-refractivity contribution in [3.8, 4) is 5.75 Å². The van der Waals surface area contributed by atoms with Crippen molar-refractivity contribution in [1.29, 1.82) is 0 Å². The van der Waals surface area contributed by atoms with E-state index in [9.17, 15) is 9.59 Å². The SMILES string of the molecule is COc1ccc(C(=O)CCCCl)c2c1NC(=O)C2. The van der Waals surface area contributed by atoms with Gasteiger partial charge in [0, 0.05) is 17.9 Å². The molecule has 18 heavy (non-hydrogen) atoms. The van der Waals surface area contributed by atoms with Gasteiger partial charge in [0.1, 0.15) is 5.75 Å². The molecule has 5 heteroatoms. The molecule has 2 rings (SSSR count). The molecule has 0 spiro atoms. The Morgan fingerprint density at radius 3 is 2.94 bits per heavy atom. The lowest BCUT2D eigenvalue weighted by Crippen LogP contribution is -2.05.